The molecule has 3 N–H and O–H groups in total. The number of H-pyrrole nitrogens is 2. The summed E-state index contributed by atoms with van der Waals surface area (Å²) in [6.07, 6.45) is 9.18. The molecule has 29 heteroatoms. The zero-order valence-corrected chi connectivity index (χ0v) is 50.0. The second-order valence-electron chi connectivity index (χ2n) is 15.6. The van der Waals surface area contributed by atoms with Crippen LogP contribution in [0.25, 0.3) is 49.1 Å². The molecule has 71 heavy (non-hydrogen) atoms. The molecular weight excluding hydrogens is 1410 g/mol. The van der Waals surface area contributed by atoms with E-state index < -0.39 is 63.5 Å². The summed E-state index contributed by atoms with van der Waals surface area (Å²) in [6.45, 7) is 7.62. The maximum atomic E-state index is 14.2. The summed E-state index contributed by atoms with van der Waals surface area (Å²) < 4.78 is 136. The molecule has 0 spiro atoms. The van der Waals surface area contributed by atoms with Gasteiger partial charge < -0.3 is 19.3 Å². The number of fused-ring (bicyclic) bond motifs is 4. The molecule has 0 amide bonds. The van der Waals surface area contributed by atoms with Gasteiger partial charge in [0.25, 0.3) is 0 Å². The van der Waals surface area contributed by atoms with E-state index in [9.17, 15) is 42.8 Å². The SMILES string of the molecule is C.CC1(C)OB(c2cn(S(C)(=O)=O)c3c(F)cccc23)OC1(C)C.CS(=O)(=O)Cl.CS(=O)(=O)n1cc(Br)c2cccc(F)c21.Fc1cccc2c(Br)c[nH]c12.Fc1cccc2cc[nH]c12.[NH-][P+](I)=S=BI. The summed E-state index contributed by atoms with van der Waals surface area (Å²) in [7, 11) is -5.02. The average Bonchev–Trinajstić information content (AvgIpc) is 4.06. The number of nitrogens with zero attached hydrogens (tertiary/aromatic N) is 2. The van der Waals surface area contributed by atoms with Crippen LogP contribution in [0.5, 0.6) is 0 Å². The van der Waals surface area contributed by atoms with Gasteiger partial charge in [-0.2, -0.15) is 0 Å². The van der Waals surface area contributed by atoms with Gasteiger partial charge >= 0.3 is 75.9 Å². The molecule has 4 aromatic carbocycles. The summed E-state index contributed by atoms with van der Waals surface area (Å²) in [6, 6.07) is 20.7. The second-order valence-corrected chi connectivity index (χ2v) is 33.1. The fourth-order valence-electron chi connectivity index (χ4n) is 6.25. The first-order chi connectivity index (χ1) is 32.3. The van der Waals surface area contributed by atoms with E-state index in [1.807, 2.05) is 49.9 Å². The van der Waals surface area contributed by atoms with E-state index in [1.54, 1.807) is 53.1 Å². The van der Waals surface area contributed by atoms with Crippen LogP contribution in [-0.4, -0.2) is 84.3 Å². The van der Waals surface area contributed by atoms with Crippen LogP contribution in [0, 0.1) is 23.3 Å². The van der Waals surface area contributed by atoms with Crippen LogP contribution in [0.15, 0.2) is 113 Å². The fraction of sp³-hybridized carbons (Fsp3) is 0.238. The molecule has 1 aliphatic heterocycles. The Balaban J connectivity index is 0.000000242. The zero-order valence-electron chi connectivity index (χ0n) is 37.6. The van der Waals surface area contributed by atoms with E-state index in [0.717, 1.165) is 42.0 Å². The number of para-hydroxylation sites is 4. The Morgan fingerprint density at radius 2 is 1.14 bits per heavy atom. The first kappa shape index (κ1) is 63.1. The number of aromatic amines is 2. The van der Waals surface area contributed by atoms with Crippen molar-refractivity contribution in [2.24, 2.45) is 0 Å². The number of hydrogen-bond donors (Lipinski definition) is 2. The zero-order chi connectivity index (χ0) is 52.7. The molecule has 5 heterocycles. The predicted molar refractivity (Wildman–Crippen MR) is 312 cm³/mol. The van der Waals surface area contributed by atoms with Gasteiger partial charge in [-0.05, 0) is 89.9 Å². The molecule has 1 fully saturated rings. The van der Waals surface area contributed by atoms with Crippen LogP contribution < -0.4 is 5.46 Å². The van der Waals surface area contributed by atoms with Crippen LogP contribution in [0.2, 0.25) is 0 Å². The topological polar surface area (TPSA) is 186 Å². The minimum atomic E-state index is -3.65. The molecule has 0 bridgehead atoms. The third kappa shape index (κ3) is 17.2. The quantitative estimate of drug-likeness (QED) is 0.0575. The van der Waals surface area contributed by atoms with Crippen LogP contribution >= 0.6 is 91.4 Å². The first-order valence-corrected chi connectivity index (χ1v) is 34.4. The van der Waals surface area contributed by atoms with Crippen molar-refractivity contribution in [2.45, 2.75) is 46.3 Å². The van der Waals surface area contributed by atoms with Crippen LogP contribution in [-0.2, 0) is 48.8 Å². The summed E-state index contributed by atoms with van der Waals surface area (Å²) in [5, 5.41) is 2.80. The Bertz CT molecular complexity index is 3580. The Morgan fingerprint density at radius 3 is 1.59 bits per heavy atom. The van der Waals surface area contributed by atoms with Gasteiger partial charge in [-0.15, -0.1) is 0 Å². The molecule has 1 saturated heterocycles. The van der Waals surface area contributed by atoms with Crippen molar-refractivity contribution in [2.75, 3.05) is 18.8 Å². The monoisotopic (exact) mass is 1450 g/mol. The third-order valence-corrected chi connectivity index (χ3v) is 18.4. The standard InChI is InChI=1S/C15H19BFNO4S.C9H7BrFNO2S.C8H5BrFN.C8H6FN.CH3ClO2S.CH4.BHI2NPS/c1-14(2)15(3,4)22-16(21-14)11-9-18(23(5,19)20)13-10(11)7-6-8-12(13)17;1-15(13,14)12-5-7(10)6-3-2-4-8(11)9(6)12;9-6-4-11-8-5(6)2-1-3-7(8)10;9-7-3-1-2-6-4-5-10-8(6)7;1-5(2,3)4;;2-1-6-5(3)4/h6-9H,1-5H3;2-5H,1H3;1-4,11H;1-5,10H;1H3;1H4;4H. The van der Waals surface area contributed by atoms with Crippen molar-refractivity contribution >= 4 is 191 Å². The van der Waals surface area contributed by atoms with Crippen molar-refractivity contribution in [3.05, 3.63) is 141 Å². The summed E-state index contributed by atoms with van der Waals surface area (Å²) in [4.78, 5) is 5.65. The molecule has 1 unspecified atom stereocenters. The third-order valence-electron chi connectivity index (χ3n) is 9.97. The molecule has 0 aliphatic carbocycles. The van der Waals surface area contributed by atoms with Crippen LogP contribution in [0.3, 0.4) is 0 Å². The summed E-state index contributed by atoms with van der Waals surface area (Å²) in [5.74, 6) is -1.56. The molecule has 0 saturated carbocycles. The number of aromatic nitrogens is 4. The second kappa shape index (κ2) is 26.1. The Labute approximate surface area is 462 Å². The van der Waals surface area contributed by atoms with Crippen LogP contribution in [0.4, 0.5) is 17.6 Å². The molecule has 13 nitrogen and oxygen atoms in total. The van der Waals surface area contributed by atoms with E-state index in [-0.39, 0.29) is 30.1 Å². The van der Waals surface area contributed by atoms with Gasteiger partial charge in [0.05, 0.1) is 46.5 Å². The summed E-state index contributed by atoms with van der Waals surface area (Å²) >= 11 is 10.7. The molecule has 1 aliphatic rings. The average molecular weight is 1450 g/mol. The predicted octanol–water partition coefficient (Wildman–Crippen LogP) is 13.2. The van der Waals surface area contributed by atoms with E-state index in [0.29, 0.717) is 31.7 Å². The van der Waals surface area contributed by atoms with Gasteiger partial charge in [0.1, 0.15) is 28.8 Å². The molecule has 1 atom stereocenters. The fourth-order valence-corrected chi connectivity index (χ4v) is 16.3. The van der Waals surface area contributed by atoms with Gasteiger partial charge in [-0.3, -0.25) is 0 Å². The Kier molecular flexibility index (Phi) is 23.2. The Morgan fingerprint density at radius 1 is 0.704 bits per heavy atom. The van der Waals surface area contributed by atoms with Gasteiger partial charge in [0.2, 0.25) is 29.1 Å². The van der Waals surface area contributed by atoms with Gasteiger partial charge in [0.15, 0.2) is 0 Å². The number of benzene rings is 4. The number of hydrogen-bond acceptors (Lipinski definition) is 8. The van der Waals surface area contributed by atoms with Crippen LogP contribution in [0.1, 0.15) is 35.1 Å². The maximum absolute atomic E-state index is 14.2. The Hall–Kier alpha value is -2.15. The van der Waals surface area contributed by atoms with Crippen molar-refractivity contribution in [1.29, 1.82) is 0 Å². The minimum absolute atomic E-state index is 0. The van der Waals surface area contributed by atoms with Gasteiger partial charge in [-0.1, -0.05) is 56.0 Å². The van der Waals surface area contributed by atoms with E-state index in [4.69, 9.17) is 14.8 Å². The molecule has 4 aromatic heterocycles. The van der Waals surface area contributed by atoms with Crippen molar-refractivity contribution in [1.82, 2.24) is 17.9 Å². The van der Waals surface area contributed by atoms with Gasteiger partial charge in [0, 0.05) is 71.4 Å². The normalized spacial score (nSPS) is 13.9. The number of nitrogens with one attached hydrogen (secondary N) is 3. The summed E-state index contributed by atoms with van der Waals surface area (Å²) in [5.41, 5.74) is 7.56. The molecular formula is C42H45B2Br2ClF4I2N5O8PS4. The van der Waals surface area contributed by atoms with E-state index in [1.165, 1.54) is 42.7 Å². The van der Waals surface area contributed by atoms with Crippen molar-refractivity contribution in [3.8, 4) is 0 Å². The number of halogens is 9. The number of rotatable bonds is 3. The molecule has 9 rings (SSSR count). The van der Waals surface area contributed by atoms with E-state index >= 15 is 0 Å². The molecule has 8 aromatic rings. The van der Waals surface area contributed by atoms with E-state index in [2.05, 4.69) is 96.9 Å². The molecule has 0 radical (unpaired) electrons. The first-order valence-electron chi connectivity index (χ1n) is 19.6. The van der Waals surface area contributed by atoms with Gasteiger partial charge in [-0.25, -0.2) is 50.8 Å². The van der Waals surface area contributed by atoms with Crippen molar-refractivity contribution in [3.63, 3.8) is 0 Å². The van der Waals surface area contributed by atoms with Crippen molar-refractivity contribution < 1.29 is 52.1 Å². The molecule has 384 valence electrons.